The number of hydrogen-bond acceptors (Lipinski definition) is 5. The molecule has 176 valence electrons. The molecule has 7 nitrogen and oxygen atoms in total. The third kappa shape index (κ3) is 4.50. The van der Waals surface area contributed by atoms with E-state index < -0.39 is 17.5 Å². The van der Waals surface area contributed by atoms with Crippen LogP contribution >= 0.6 is 11.8 Å². The van der Waals surface area contributed by atoms with Crippen LogP contribution < -0.4 is 10.9 Å². The molecule has 5 aromatic rings. The normalized spacial score (nSPS) is 11.3. The van der Waals surface area contributed by atoms with Crippen LogP contribution in [-0.4, -0.2) is 30.8 Å². The van der Waals surface area contributed by atoms with Gasteiger partial charge in [0.1, 0.15) is 17.5 Å². The topological polar surface area (TPSA) is 81.3 Å². The van der Waals surface area contributed by atoms with E-state index in [4.69, 9.17) is 0 Å². The lowest BCUT2D eigenvalue weighted by Gasteiger charge is -2.11. The zero-order valence-corrected chi connectivity index (χ0v) is 18.7. The van der Waals surface area contributed by atoms with Crippen molar-refractivity contribution in [2.45, 2.75) is 11.7 Å². The van der Waals surface area contributed by atoms with Gasteiger partial charge in [0, 0.05) is 6.07 Å². The highest BCUT2D eigenvalue weighted by molar-refractivity contribution is 7.99. The summed E-state index contributed by atoms with van der Waals surface area (Å²) in [4.78, 5) is 25.6. The van der Waals surface area contributed by atoms with Crippen molar-refractivity contribution in [2.24, 2.45) is 0 Å². The van der Waals surface area contributed by atoms with Gasteiger partial charge >= 0.3 is 0 Å². The Balaban J connectivity index is 1.49. The van der Waals surface area contributed by atoms with Crippen molar-refractivity contribution in [3.8, 4) is 0 Å². The molecule has 0 radical (unpaired) electrons. The van der Waals surface area contributed by atoms with E-state index >= 15 is 0 Å². The Bertz CT molecular complexity index is 1630. The van der Waals surface area contributed by atoms with E-state index in [-0.39, 0.29) is 35.1 Å². The van der Waals surface area contributed by atoms with Gasteiger partial charge in [0.15, 0.2) is 5.16 Å². The average Bonchev–Trinajstić information content (AvgIpc) is 3.28. The van der Waals surface area contributed by atoms with Gasteiger partial charge in [-0.2, -0.15) is 0 Å². The summed E-state index contributed by atoms with van der Waals surface area (Å²) < 4.78 is 43.6. The maximum atomic E-state index is 13.8. The van der Waals surface area contributed by atoms with Crippen molar-refractivity contribution in [1.29, 1.82) is 0 Å². The fraction of sp³-hybridized carbons (Fsp3) is 0.0833. The van der Waals surface area contributed by atoms with Crippen molar-refractivity contribution >= 4 is 40.0 Å². The summed E-state index contributed by atoms with van der Waals surface area (Å²) in [7, 11) is 0. The minimum atomic E-state index is -0.756. The molecule has 0 saturated carbocycles. The number of rotatable bonds is 6. The van der Waals surface area contributed by atoms with Crippen LogP contribution in [0.5, 0.6) is 0 Å². The first-order valence-electron chi connectivity index (χ1n) is 10.4. The van der Waals surface area contributed by atoms with E-state index in [0.717, 1.165) is 30.0 Å². The summed E-state index contributed by atoms with van der Waals surface area (Å²) in [6, 6.07) is 15.5. The molecule has 0 saturated heterocycles. The lowest BCUT2D eigenvalue weighted by Crippen LogP contribution is -2.24. The predicted molar refractivity (Wildman–Crippen MR) is 126 cm³/mol. The van der Waals surface area contributed by atoms with Gasteiger partial charge in [-0.15, -0.1) is 10.2 Å². The van der Waals surface area contributed by atoms with Crippen LogP contribution in [0.1, 0.15) is 5.56 Å². The van der Waals surface area contributed by atoms with Crippen LogP contribution in [-0.2, 0) is 11.3 Å². The zero-order valence-electron chi connectivity index (χ0n) is 17.9. The molecular formula is C24H16F3N5O2S. The number of benzene rings is 3. The lowest BCUT2D eigenvalue weighted by atomic mass is 10.2. The van der Waals surface area contributed by atoms with Gasteiger partial charge in [-0.1, -0.05) is 36.0 Å². The first-order valence-corrected chi connectivity index (χ1v) is 11.4. The minimum Gasteiger partial charge on any atom is -0.323 e. The molecular weight excluding hydrogens is 479 g/mol. The summed E-state index contributed by atoms with van der Waals surface area (Å²) in [5.74, 6) is -2.31. The Morgan fingerprint density at radius 1 is 0.943 bits per heavy atom. The molecule has 3 aromatic carbocycles. The van der Waals surface area contributed by atoms with Crippen LogP contribution in [0.3, 0.4) is 0 Å². The summed E-state index contributed by atoms with van der Waals surface area (Å²) in [5.41, 5.74) is 0.687. The lowest BCUT2D eigenvalue weighted by molar-refractivity contribution is -0.113. The molecule has 0 aliphatic carbocycles. The number of carbonyl (C=O) groups is 1. The van der Waals surface area contributed by atoms with E-state index in [2.05, 4.69) is 15.5 Å². The van der Waals surface area contributed by atoms with Gasteiger partial charge in [0.05, 0.1) is 28.9 Å². The molecule has 2 aromatic heterocycles. The molecule has 0 fully saturated rings. The first kappa shape index (κ1) is 22.7. The maximum absolute atomic E-state index is 13.8. The maximum Gasteiger partial charge on any atom is 0.263 e. The van der Waals surface area contributed by atoms with Crippen LogP contribution in [0.25, 0.3) is 16.7 Å². The molecule has 0 spiro atoms. The number of anilines is 1. The number of aromatic nitrogens is 4. The second-order valence-corrected chi connectivity index (χ2v) is 8.56. The highest BCUT2D eigenvalue weighted by Gasteiger charge is 2.18. The van der Waals surface area contributed by atoms with E-state index in [1.54, 1.807) is 40.8 Å². The number of nitrogens with one attached hydrogen (secondary N) is 1. The van der Waals surface area contributed by atoms with Gasteiger partial charge in [-0.05, 0) is 42.0 Å². The molecule has 0 aliphatic rings. The summed E-state index contributed by atoms with van der Waals surface area (Å²) in [6.07, 6.45) is 0. The van der Waals surface area contributed by atoms with Gasteiger partial charge < -0.3 is 5.32 Å². The molecule has 5 rings (SSSR count). The fourth-order valence-corrected chi connectivity index (χ4v) is 4.39. The highest BCUT2D eigenvalue weighted by Crippen LogP contribution is 2.23. The van der Waals surface area contributed by atoms with Gasteiger partial charge in [0.2, 0.25) is 11.7 Å². The first-order chi connectivity index (χ1) is 16.9. The van der Waals surface area contributed by atoms with Crippen LogP contribution in [0.15, 0.2) is 76.7 Å². The molecule has 0 aliphatic heterocycles. The van der Waals surface area contributed by atoms with Gasteiger partial charge in [-0.3, -0.25) is 18.6 Å². The smallest absolute Gasteiger partial charge is 0.263 e. The second-order valence-electron chi connectivity index (χ2n) is 7.61. The van der Waals surface area contributed by atoms with Crippen LogP contribution in [0.4, 0.5) is 18.9 Å². The zero-order chi connectivity index (χ0) is 24.5. The number of fused-ring (bicyclic) bond motifs is 3. The van der Waals surface area contributed by atoms with Crippen molar-refractivity contribution in [3.05, 3.63) is 100 Å². The average molecular weight is 495 g/mol. The van der Waals surface area contributed by atoms with E-state index in [0.29, 0.717) is 21.6 Å². The molecule has 1 amide bonds. The number of halogens is 3. The molecule has 11 heteroatoms. The van der Waals surface area contributed by atoms with E-state index in [1.165, 1.54) is 16.7 Å². The van der Waals surface area contributed by atoms with Crippen molar-refractivity contribution in [1.82, 2.24) is 19.2 Å². The highest BCUT2D eigenvalue weighted by atomic mass is 32.2. The van der Waals surface area contributed by atoms with Crippen molar-refractivity contribution < 1.29 is 18.0 Å². The molecule has 0 unspecified atom stereocenters. The summed E-state index contributed by atoms with van der Waals surface area (Å²) in [6.45, 7) is 0.135. The molecule has 2 heterocycles. The van der Waals surface area contributed by atoms with Crippen molar-refractivity contribution in [3.63, 3.8) is 0 Å². The Morgan fingerprint density at radius 2 is 1.69 bits per heavy atom. The van der Waals surface area contributed by atoms with Gasteiger partial charge in [-0.25, -0.2) is 13.2 Å². The Kier molecular flexibility index (Phi) is 6.00. The molecule has 0 bridgehead atoms. The second kappa shape index (κ2) is 9.26. The third-order valence-corrected chi connectivity index (χ3v) is 6.20. The number of carbonyl (C=O) groups excluding carboxylic acids is 1. The molecule has 0 atom stereocenters. The molecule has 35 heavy (non-hydrogen) atoms. The van der Waals surface area contributed by atoms with E-state index in [9.17, 15) is 22.8 Å². The number of amides is 1. The predicted octanol–water partition coefficient (Wildman–Crippen LogP) is 4.24. The Morgan fingerprint density at radius 3 is 2.49 bits per heavy atom. The monoisotopic (exact) mass is 495 g/mol. The Hall–Kier alpha value is -4.12. The fourth-order valence-electron chi connectivity index (χ4n) is 3.65. The number of para-hydroxylation sites is 1. The standard InChI is InChI=1S/C24H16F3N5O2S/c25-15-7-5-14(6-8-15)12-31-22(34)17-3-1-2-4-20(17)32-23(31)29-30-24(32)35-13-21(33)28-19-11-16(26)9-10-18(19)27/h1-11H,12-13H2,(H,28,33). The van der Waals surface area contributed by atoms with Crippen LogP contribution in [0, 0.1) is 17.5 Å². The largest absolute Gasteiger partial charge is 0.323 e. The van der Waals surface area contributed by atoms with Gasteiger partial charge in [0.25, 0.3) is 5.56 Å². The van der Waals surface area contributed by atoms with Crippen LogP contribution in [0.2, 0.25) is 0 Å². The number of thioether (sulfide) groups is 1. The van der Waals surface area contributed by atoms with E-state index in [1.807, 2.05) is 0 Å². The van der Waals surface area contributed by atoms with Crippen molar-refractivity contribution in [2.75, 3.05) is 11.1 Å². The molecule has 1 N–H and O–H groups in total. The minimum absolute atomic E-state index is 0.135. The third-order valence-electron chi connectivity index (χ3n) is 5.27. The SMILES string of the molecule is O=C(CSc1nnc2n(Cc3ccc(F)cc3)c(=O)c3ccccc3n12)Nc1cc(F)ccc1F. The quantitative estimate of drug-likeness (QED) is 0.357. The summed E-state index contributed by atoms with van der Waals surface area (Å²) in [5, 5.41) is 11.4. The number of hydrogen-bond donors (Lipinski definition) is 1. The summed E-state index contributed by atoms with van der Waals surface area (Å²) >= 11 is 1.03. The number of nitrogens with zero attached hydrogens (tertiary/aromatic N) is 4. The Labute approximate surface area is 200 Å².